The van der Waals surface area contributed by atoms with Crippen LogP contribution < -0.4 is 5.73 Å². The first-order valence-corrected chi connectivity index (χ1v) is 5.90. The molecule has 4 heteroatoms. The van der Waals surface area contributed by atoms with Crippen molar-refractivity contribution in [1.82, 2.24) is 14.7 Å². The van der Waals surface area contributed by atoms with Crippen LogP contribution in [0.15, 0.2) is 12.4 Å². The van der Waals surface area contributed by atoms with E-state index in [1.54, 1.807) is 0 Å². The van der Waals surface area contributed by atoms with Crippen LogP contribution in [-0.2, 0) is 13.6 Å². The van der Waals surface area contributed by atoms with Crippen LogP contribution in [0.5, 0.6) is 0 Å². The summed E-state index contributed by atoms with van der Waals surface area (Å²) in [5.41, 5.74) is 7.06. The van der Waals surface area contributed by atoms with Crippen molar-refractivity contribution in [2.45, 2.75) is 32.9 Å². The Kier molecular flexibility index (Phi) is 4.96. The van der Waals surface area contributed by atoms with Crippen molar-refractivity contribution in [1.29, 1.82) is 0 Å². The molecule has 0 amide bonds. The van der Waals surface area contributed by atoms with Gasteiger partial charge in [0.1, 0.15) is 0 Å². The Morgan fingerprint density at radius 2 is 2.19 bits per heavy atom. The van der Waals surface area contributed by atoms with Crippen LogP contribution in [-0.4, -0.2) is 34.3 Å². The zero-order chi connectivity index (χ0) is 12.1. The van der Waals surface area contributed by atoms with E-state index in [0.717, 1.165) is 19.5 Å². The van der Waals surface area contributed by atoms with E-state index in [2.05, 4.69) is 37.1 Å². The number of nitrogens with two attached hydrogens (primary N) is 1. The molecule has 4 nitrogen and oxygen atoms in total. The quantitative estimate of drug-likeness (QED) is 0.790. The zero-order valence-electron chi connectivity index (χ0n) is 10.8. The molecule has 0 aliphatic rings. The molecule has 0 radical (unpaired) electrons. The molecule has 92 valence electrons. The minimum absolute atomic E-state index is 0.459. The van der Waals surface area contributed by atoms with E-state index in [1.807, 2.05) is 17.9 Å². The van der Waals surface area contributed by atoms with Crippen LogP contribution in [0.4, 0.5) is 0 Å². The number of aryl methyl sites for hydroxylation is 1. The molecule has 0 aliphatic heterocycles. The smallest absolute Gasteiger partial charge is 0.0534 e. The zero-order valence-corrected chi connectivity index (χ0v) is 10.8. The van der Waals surface area contributed by atoms with E-state index < -0.39 is 0 Å². The van der Waals surface area contributed by atoms with E-state index >= 15 is 0 Å². The highest BCUT2D eigenvalue weighted by Crippen LogP contribution is 2.12. The first-order valence-electron chi connectivity index (χ1n) is 5.90. The van der Waals surface area contributed by atoms with Gasteiger partial charge in [0.2, 0.25) is 0 Å². The van der Waals surface area contributed by atoms with E-state index in [9.17, 15) is 0 Å². The van der Waals surface area contributed by atoms with Gasteiger partial charge in [-0.25, -0.2) is 0 Å². The van der Waals surface area contributed by atoms with Gasteiger partial charge in [-0.15, -0.1) is 0 Å². The Bertz CT molecular complexity index is 306. The van der Waals surface area contributed by atoms with Gasteiger partial charge in [-0.2, -0.15) is 5.10 Å². The van der Waals surface area contributed by atoms with Crippen LogP contribution >= 0.6 is 0 Å². The van der Waals surface area contributed by atoms with Gasteiger partial charge in [-0.1, -0.05) is 13.8 Å². The number of hydrogen-bond donors (Lipinski definition) is 1. The summed E-state index contributed by atoms with van der Waals surface area (Å²) in [4.78, 5) is 2.32. The molecule has 2 N–H and O–H groups in total. The molecule has 0 spiro atoms. The lowest BCUT2D eigenvalue weighted by atomic mass is 10.0. The van der Waals surface area contributed by atoms with Crippen molar-refractivity contribution < 1.29 is 0 Å². The fourth-order valence-corrected chi connectivity index (χ4v) is 1.97. The van der Waals surface area contributed by atoms with Gasteiger partial charge in [-0.3, -0.25) is 9.58 Å². The maximum atomic E-state index is 5.82. The summed E-state index contributed by atoms with van der Waals surface area (Å²) < 4.78 is 1.84. The molecule has 0 saturated heterocycles. The minimum atomic E-state index is 0.459. The Hall–Kier alpha value is -0.870. The minimum Gasteiger partial charge on any atom is -0.329 e. The van der Waals surface area contributed by atoms with E-state index in [1.165, 1.54) is 5.56 Å². The van der Waals surface area contributed by atoms with Crippen LogP contribution in [0.1, 0.15) is 25.8 Å². The molecule has 1 rings (SSSR count). The van der Waals surface area contributed by atoms with Gasteiger partial charge in [0.25, 0.3) is 0 Å². The molecule has 0 aliphatic carbocycles. The predicted molar refractivity (Wildman–Crippen MR) is 67.0 cm³/mol. The molecule has 1 atom stereocenters. The number of aromatic nitrogens is 2. The molecule has 0 saturated carbocycles. The highest BCUT2D eigenvalue weighted by molar-refractivity contribution is 5.03. The van der Waals surface area contributed by atoms with Crippen LogP contribution in [0.3, 0.4) is 0 Å². The van der Waals surface area contributed by atoms with Crippen LogP contribution in [0.25, 0.3) is 0 Å². The maximum absolute atomic E-state index is 5.82. The molecule has 1 unspecified atom stereocenters. The molecule has 1 aromatic rings. The van der Waals surface area contributed by atoms with Crippen molar-refractivity contribution in [3.8, 4) is 0 Å². The van der Waals surface area contributed by atoms with Crippen LogP contribution in [0.2, 0.25) is 0 Å². The van der Waals surface area contributed by atoms with E-state index in [-0.39, 0.29) is 0 Å². The molecule has 16 heavy (non-hydrogen) atoms. The Balaban J connectivity index is 2.52. The number of likely N-dealkylation sites (N-methyl/N-ethyl adjacent to an activating group) is 1. The molecular formula is C12H24N4. The van der Waals surface area contributed by atoms with Crippen molar-refractivity contribution in [3.63, 3.8) is 0 Å². The van der Waals surface area contributed by atoms with E-state index in [0.29, 0.717) is 12.0 Å². The second-order valence-corrected chi connectivity index (χ2v) is 4.96. The van der Waals surface area contributed by atoms with Gasteiger partial charge < -0.3 is 5.73 Å². The van der Waals surface area contributed by atoms with Gasteiger partial charge in [0.15, 0.2) is 0 Å². The third-order valence-corrected chi connectivity index (χ3v) is 2.83. The van der Waals surface area contributed by atoms with Crippen molar-refractivity contribution >= 4 is 0 Å². The third kappa shape index (κ3) is 3.94. The Morgan fingerprint density at radius 3 is 2.62 bits per heavy atom. The monoisotopic (exact) mass is 224 g/mol. The standard InChI is InChI=1S/C12H24N4/c1-10(2)5-12(6-13)15(3)8-11-7-14-16(4)9-11/h7,9-10,12H,5-6,8,13H2,1-4H3. The van der Waals surface area contributed by atoms with E-state index in [4.69, 9.17) is 5.73 Å². The largest absolute Gasteiger partial charge is 0.329 e. The fraction of sp³-hybridized carbons (Fsp3) is 0.750. The second kappa shape index (κ2) is 6.01. The second-order valence-electron chi connectivity index (χ2n) is 4.96. The molecule has 0 fully saturated rings. The SMILES string of the molecule is CC(C)CC(CN)N(C)Cc1cnn(C)c1. The molecule has 0 aromatic carbocycles. The Morgan fingerprint density at radius 1 is 1.50 bits per heavy atom. The van der Waals surface area contributed by atoms with Gasteiger partial charge in [-0.05, 0) is 19.4 Å². The lowest BCUT2D eigenvalue weighted by Gasteiger charge is -2.27. The van der Waals surface area contributed by atoms with Crippen LogP contribution in [0, 0.1) is 5.92 Å². The highest BCUT2D eigenvalue weighted by atomic mass is 15.2. The number of hydrogen-bond acceptors (Lipinski definition) is 3. The molecule has 1 heterocycles. The van der Waals surface area contributed by atoms with Gasteiger partial charge in [0.05, 0.1) is 6.20 Å². The summed E-state index contributed by atoms with van der Waals surface area (Å²) in [5, 5.41) is 4.17. The summed E-state index contributed by atoms with van der Waals surface area (Å²) in [7, 11) is 4.07. The molecule has 0 bridgehead atoms. The Labute approximate surface area is 98.4 Å². The lowest BCUT2D eigenvalue weighted by molar-refractivity contribution is 0.210. The lowest BCUT2D eigenvalue weighted by Crippen LogP contribution is -2.38. The molecular weight excluding hydrogens is 200 g/mol. The van der Waals surface area contributed by atoms with Gasteiger partial charge >= 0.3 is 0 Å². The third-order valence-electron chi connectivity index (χ3n) is 2.83. The van der Waals surface area contributed by atoms with Crippen molar-refractivity contribution in [2.24, 2.45) is 18.7 Å². The first kappa shape index (κ1) is 13.2. The average molecular weight is 224 g/mol. The predicted octanol–water partition coefficient (Wildman–Crippen LogP) is 1.23. The van der Waals surface area contributed by atoms with Crippen molar-refractivity contribution in [2.75, 3.05) is 13.6 Å². The average Bonchev–Trinajstić information content (AvgIpc) is 2.60. The van der Waals surface area contributed by atoms with Crippen molar-refractivity contribution in [3.05, 3.63) is 18.0 Å². The topological polar surface area (TPSA) is 47.1 Å². The van der Waals surface area contributed by atoms with Gasteiger partial charge in [0, 0.05) is 37.9 Å². The maximum Gasteiger partial charge on any atom is 0.0534 e. The summed E-state index contributed by atoms with van der Waals surface area (Å²) in [5.74, 6) is 0.685. The first-order chi connectivity index (χ1) is 7.52. The summed E-state index contributed by atoms with van der Waals surface area (Å²) in [6.45, 7) is 6.11. The number of nitrogens with zero attached hydrogens (tertiary/aromatic N) is 3. The number of rotatable bonds is 6. The summed E-state index contributed by atoms with van der Waals surface area (Å²) in [6.07, 6.45) is 5.12. The summed E-state index contributed by atoms with van der Waals surface area (Å²) >= 11 is 0. The summed E-state index contributed by atoms with van der Waals surface area (Å²) in [6, 6.07) is 0.459. The molecule has 1 aromatic heterocycles. The normalized spacial score (nSPS) is 13.7. The highest BCUT2D eigenvalue weighted by Gasteiger charge is 2.15. The fourth-order valence-electron chi connectivity index (χ4n) is 1.97.